The van der Waals surface area contributed by atoms with Gasteiger partial charge in [-0.25, -0.2) is 4.98 Å². The van der Waals surface area contributed by atoms with E-state index >= 15 is 0 Å². The van der Waals surface area contributed by atoms with E-state index in [0.29, 0.717) is 24.8 Å². The van der Waals surface area contributed by atoms with E-state index in [1.165, 1.54) is 17.8 Å². The first-order valence-corrected chi connectivity index (χ1v) is 7.21. The van der Waals surface area contributed by atoms with E-state index in [1.807, 2.05) is 0 Å². The van der Waals surface area contributed by atoms with Gasteiger partial charge in [-0.2, -0.15) is 0 Å². The average Bonchev–Trinajstić information content (AvgIpc) is 2.96. The summed E-state index contributed by atoms with van der Waals surface area (Å²) in [5.41, 5.74) is 5.98. The van der Waals surface area contributed by atoms with Crippen molar-refractivity contribution in [2.24, 2.45) is 5.73 Å². The molecule has 0 saturated carbocycles. The van der Waals surface area contributed by atoms with Crippen LogP contribution in [-0.4, -0.2) is 48.5 Å². The quantitative estimate of drug-likeness (QED) is 0.814. The van der Waals surface area contributed by atoms with Crippen LogP contribution in [-0.2, 0) is 6.42 Å². The topological polar surface area (TPSA) is 71.2 Å². The Labute approximate surface area is 111 Å². The smallest absolute Gasteiger partial charge is 0.270 e. The van der Waals surface area contributed by atoms with E-state index in [1.54, 1.807) is 5.38 Å². The zero-order valence-electron chi connectivity index (χ0n) is 10.7. The molecule has 3 N–H and O–H groups in total. The van der Waals surface area contributed by atoms with Crippen LogP contribution in [0.15, 0.2) is 5.38 Å². The van der Waals surface area contributed by atoms with Crippen LogP contribution in [0.1, 0.15) is 28.3 Å². The molecule has 1 aromatic heterocycles. The van der Waals surface area contributed by atoms with Gasteiger partial charge in [-0.3, -0.25) is 4.79 Å². The third kappa shape index (κ3) is 3.28. The van der Waals surface area contributed by atoms with Crippen molar-refractivity contribution in [3.63, 3.8) is 0 Å². The molecule has 1 aliphatic rings. The molecule has 0 spiro atoms. The van der Waals surface area contributed by atoms with Crippen molar-refractivity contribution in [1.82, 2.24) is 15.2 Å². The summed E-state index contributed by atoms with van der Waals surface area (Å²) in [5.74, 6) is -0.0742. The fourth-order valence-electron chi connectivity index (χ4n) is 2.19. The molecule has 100 valence electrons. The molecule has 1 atom stereocenters. The second kappa shape index (κ2) is 6.26. The van der Waals surface area contributed by atoms with E-state index in [2.05, 4.69) is 22.2 Å². The van der Waals surface area contributed by atoms with Crippen molar-refractivity contribution < 1.29 is 4.79 Å². The molecule has 0 radical (unpaired) electrons. The number of likely N-dealkylation sites (N-methyl/N-ethyl adjacent to an activating group) is 1. The van der Waals surface area contributed by atoms with E-state index in [-0.39, 0.29) is 5.91 Å². The number of amides is 1. The lowest BCUT2D eigenvalue weighted by atomic mass is 10.2. The molecule has 2 heterocycles. The van der Waals surface area contributed by atoms with Gasteiger partial charge in [0.1, 0.15) is 5.69 Å². The van der Waals surface area contributed by atoms with Gasteiger partial charge in [-0.05, 0) is 33.0 Å². The van der Waals surface area contributed by atoms with Crippen molar-refractivity contribution >= 4 is 17.2 Å². The lowest BCUT2D eigenvalue weighted by Crippen LogP contribution is -2.38. The molecule has 18 heavy (non-hydrogen) atoms. The summed E-state index contributed by atoms with van der Waals surface area (Å²) in [6.45, 7) is 2.40. The Morgan fingerprint density at radius 2 is 2.56 bits per heavy atom. The van der Waals surface area contributed by atoms with Gasteiger partial charge in [0, 0.05) is 24.4 Å². The third-order valence-corrected chi connectivity index (χ3v) is 4.22. The summed E-state index contributed by atoms with van der Waals surface area (Å²) in [6.07, 6.45) is 3.12. The molecule has 1 fully saturated rings. The number of carbonyl (C=O) groups excluding carboxylic acids is 1. The fourth-order valence-corrected chi connectivity index (χ4v) is 2.99. The summed E-state index contributed by atoms with van der Waals surface area (Å²) >= 11 is 1.50. The Morgan fingerprint density at radius 1 is 1.72 bits per heavy atom. The van der Waals surface area contributed by atoms with Gasteiger partial charge >= 0.3 is 0 Å². The van der Waals surface area contributed by atoms with Crippen molar-refractivity contribution in [3.8, 4) is 0 Å². The molecule has 1 amide bonds. The van der Waals surface area contributed by atoms with Crippen LogP contribution in [0, 0.1) is 0 Å². The highest BCUT2D eigenvalue weighted by Crippen LogP contribution is 2.14. The number of thiazole rings is 1. The van der Waals surface area contributed by atoms with E-state index in [4.69, 9.17) is 5.73 Å². The van der Waals surface area contributed by atoms with E-state index in [9.17, 15) is 4.79 Å². The Morgan fingerprint density at radius 3 is 3.22 bits per heavy atom. The molecule has 1 aliphatic heterocycles. The van der Waals surface area contributed by atoms with Crippen LogP contribution in [0.3, 0.4) is 0 Å². The molecular formula is C12H20N4OS. The lowest BCUT2D eigenvalue weighted by Gasteiger charge is -2.19. The number of hydrogen-bond acceptors (Lipinski definition) is 5. The summed E-state index contributed by atoms with van der Waals surface area (Å²) < 4.78 is 0. The molecule has 0 bridgehead atoms. The zero-order valence-corrected chi connectivity index (χ0v) is 11.5. The maximum absolute atomic E-state index is 11.9. The van der Waals surface area contributed by atoms with Gasteiger partial charge in [-0.1, -0.05) is 0 Å². The fraction of sp³-hybridized carbons (Fsp3) is 0.667. The van der Waals surface area contributed by atoms with Gasteiger partial charge in [0.15, 0.2) is 0 Å². The van der Waals surface area contributed by atoms with E-state index in [0.717, 1.165) is 24.4 Å². The minimum absolute atomic E-state index is 0.0742. The number of nitrogens with zero attached hydrogens (tertiary/aromatic N) is 2. The van der Waals surface area contributed by atoms with Crippen LogP contribution in [0.25, 0.3) is 0 Å². The van der Waals surface area contributed by atoms with Crippen molar-refractivity contribution in [1.29, 1.82) is 0 Å². The maximum Gasteiger partial charge on any atom is 0.270 e. The van der Waals surface area contributed by atoms with Gasteiger partial charge in [-0.15, -0.1) is 11.3 Å². The maximum atomic E-state index is 11.9. The van der Waals surface area contributed by atoms with E-state index < -0.39 is 0 Å². The van der Waals surface area contributed by atoms with Crippen LogP contribution in [0.5, 0.6) is 0 Å². The minimum atomic E-state index is -0.0742. The van der Waals surface area contributed by atoms with Crippen molar-refractivity contribution in [2.75, 3.05) is 26.7 Å². The SMILES string of the molecule is CN1CCCC1CNC(=O)c1csc(CCN)n1. The average molecular weight is 268 g/mol. The largest absolute Gasteiger partial charge is 0.349 e. The number of nitrogens with one attached hydrogen (secondary N) is 1. The summed E-state index contributed by atoms with van der Waals surface area (Å²) in [4.78, 5) is 18.5. The minimum Gasteiger partial charge on any atom is -0.349 e. The summed E-state index contributed by atoms with van der Waals surface area (Å²) in [5, 5.41) is 5.69. The number of aromatic nitrogens is 1. The predicted octanol–water partition coefficient (Wildman–Crippen LogP) is 0.468. The Kier molecular flexibility index (Phi) is 4.68. The Bertz CT molecular complexity index is 407. The normalized spacial score (nSPS) is 20.2. The first-order valence-electron chi connectivity index (χ1n) is 6.33. The first-order chi connectivity index (χ1) is 8.70. The second-order valence-corrected chi connectivity index (χ2v) is 5.59. The molecule has 5 nitrogen and oxygen atoms in total. The van der Waals surface area contributed by atoms with Crippen molar-refractivity contribution in [2.45, 2.75) is 25.3 Å². The molecular weight excluding hydrogens is 248 g/mol. The second-order valence-electron chi connectivity index (χ2n) is 4.65. The van der Waals surface area contributed by atoms with Crippen LogP contribution < -0.4 is 11.1 Å². The van der Waals surface area contributed by atoms with Crippen molar-refractivity contribution in [3.05, 3.63) is 16.1 Å². The highest BCUT2D eigenvalue weighted by Gasteiger charge is 2.21. The summed E-state index contributed by atoms with van der Waals surface area (Å²) in [7, 11) is 2.10. The van der Waals surface area contributed by atoms with Gasteiger partial charge < -0.3 is 16.0 Å². The Hall–Kier alpha value is -0.980. The van der Waals surface area contributed by atoms with Crippen LogP contribution in [0.4, 0.5) is 0 Å². The molecule has 2 rings (SSSR count). The standard InChI is InChI=1S/C12H20N4OS/c1-16-6-2-3-9(16)7-14-12(17)10-8-18-11(15-10)4-5-13/h8-9H,2-7,13H2,1H3,(H,14,17). The van der Waals surface area contributed by atoms with Gasteiger partial charge in [0.05, 0.1) is 5.01 Å². The van der Waals surface area contributed by atoms with Gasteiger partial charge in [0.2, 0.25) is 0 Å². The molecule has 0 aliphatic carbocycles. The van der Waals surface area contributed by atoms with Crippen LogP contribution >= 0.6 is 11.3 Å². The zero-order chi connectivity index (χ0) is 13.0. The highest BCUT2D eigenvalue weighted by molar-refractivity contribution is 7.09. The molecule has 0 aromatic carbocycles. The number of nitrogens with two attached hydrogens (primary N) is 1. The molecule has 6 heteroatoms. The molecule has 1 saturated heterocycles. The highest BCUT2D eigenvalue weighted by atomic mass is 32.1. The molecule has 1 unspecified atom stereocenters. The molecule has 1 aromatic rings. The first kappa shape index (κ1) is 13.5. The third-order valence-electron chi connectivity index (χ3n) is 3.31. The van der Waals surface area contributed by atoms with Gasteiger partial charge in [0.25, 0.3) is 5.91 Å². The number of rotatable bonds is 5. The Balaban J connectivity index is 1.83. The lowest BCUT2D eigenvalue weighted by molar-refractivity contribution is 0.0939. The number of likely N-dealkylation sites (tertiary alicyclic amines) is 1. The predicted molar refractivity (Wildman–Crippen MR) is 72.9 cm³/mol. The monoisotopic (exact) mass is 268 g/mol. The van der Waals surface area contributed by atoms with Crippen LogP contribution in [0.2, 0.25) is 0 Å². The summed E-state index contributed by atoms with van der Waals surface area (Å²) in [6, 6.07) is 0.469. The number of hydrogen-bond donors (Lipinski definition) is 2. The number of carbonyl (C=O) groups is 1.